The quantitative estimate of drug-likeness (QED) is 0.607. The van der Waals surface area contributed by atoms with Gasteiger partial charge in [0.25, 0.3) is 0 Å². The number of anilines is 3. The Labute approximate surface area is 127 Å². The molecule has 0 radical (unpaired) electrons. The van der Waals surface area contributed by atoms with Crippen molar-refractivity contribution in [3.8, 4) is 5.75 Å². The molecule has 0 aliphatic carbocycles. The SMILES string of the molecule is CCCOc1cc(N)cc(Nc2ccccc2I)c1. The normalized spacial score (nSPS) is 10.2. The minimum atomic E-state index is 0.696. The number of ether oxygens (including phenoxy) is 1. The lowest BCUT2D eigenvalue weighted by molar-refractivity contribution is 0.318. The molecule has 0 aliphatic rings. The third-order valence-electron chi connectivity index (χ3n) is 2.55. The molecule has 0 heterocycles. The Morgan fingerprint density at radius 1 is 1.21 bits per heavy atom. The van der Waals surface area contributed by atoms with Crippen molar-refractivity contribution in [1.82, 2.24) is 0 Å². The minimum absolute atomic E-state index is 0.696. The number of nitrogen functional groups attached to an aromatic ring is 1. The van der Waals surface area contributed by atoms with Gasteiger partial charge in [0.1, 0.15) is 5.75 Å². The van der Waals surface area contributed by atoms with Crippen molar-refractivity contribution in [3.05, 3.63) is 46.0 Å². The van der Waals surface area contributed by atoms with Crippen molar-refractivity contribution in [2.75, 3.05) is 17.7 Å². The van der Waals surface area contributed by atoms with Crippen LogP contribution in [0, 0.1) is 3.57 Å². The number of para-hydroxylation sites is 1. The molecule has 2 aromatic rings. The molecule has 0 saturated carbocycles. The fourth-order valence-electron chi connectivity index (χ4n) is 1.72. The summed E-state index contributed by atoms with van der Waals surface area (Å²) in [7, 11) is 0. The highest BCUT2D eigenvalue weighted by atomic mass is 127. The van der Waals surface area contributed by atoms with Crippen molar-refractivity contribution in [3.63, 3.8) is 0 Å². The van der Waals surface area contributed by atoms with Gasteiger partial charge in [-0.1, -0.05) is 19.1 Å². The third kappa shape index (κ3) is 4.02. The first-order chi connectivity index (χ1) is 9.19. The summed E-state index contributed by atoms with van der Waals surface area (Å²) in [5.41, 5.74) is 8.60. The summed E-state index contributed by atoms with van der Waals surface area (Å²) in [6.07, 6.45) is 0.980. The van der Waals surface area contributed by atoms with Gasteiger partial charge in [0.2, 0.25) is 0 Å². The Kier molecular flexibility index (Phi) is 4.90. The van der Waals surface area contributed by atoms with E-state index in [4.69, 9.17) is 10.5 Å². The van der Waals surface area contributed by atoms with E-state index in [9.17, 15) is 0 Å². The number of hydrogen-bond acceptors (Lipinski definition) is 3. The molecule has 3 N–H and O–H groups in total. The smallest absolute Gasteiger partial charge is 0.123 e. The molecular weight excluding hydrogens is 351 g/mol. The molecule has 0 fully saturated rings. The van der Waals surface area contributed by atoms with E-state index in [2.05, 4.69) is 40.9 Å². The summed E-state index contributed by atoms with van der Waals surface area (Å²) in [5, 5.41) is 3.36. The van der Waals surface area contributed by atoms with E-state index in [0.717, 1.165) is 23.5 Å². The summed E-state index contributed by atoms with van der Waals surface area (Å²) in [6.45, 7) is 2.78. The molecule has 0 atom stereocenters. The van der Waals surface area contributed by atoms with Crippen LogP contribution in [-0.4, -0.2) is 6.61 Å². The highest BCUT2D eigenvalue weighted by molar-refractivity contribution is 14.1. The maximum Gasteiger partial charge on any atom is 0.123 e. The summed E-state index contributed by atoms with van der Waals surface area (Å²) in [5.74, 6) is 0.801. The van der Waals surface area contributed by atoms with Crippen LogP contribution in [0.2, 0.25) is 0 Å². The molecule has 100 valence electrons. The van der Waals surface area contributed by atoms with Gasteiger partial charge in [-0.3, -0.25) is 0 Å². The first-order valence-electron chi connectivity index (χ1n) is 6.24. The fraction of sp³-hybridized carbons (Fsp3) is 0.200. The van der Waals surface area contributed by atoms with E-state index in [0.29, 0.717) is 12.3 Å². The van der Waals surface area contributed by atoms with Crippen LogP contribution in [-0.2, 0) is 0 Å². The number of rotatable bonds is 5. The number of nitrogens with two attached hydrogens (primary N) is 1. The molecule has 0 aliphatic heterocycles. The molecule has 0 bridgehead atoms. The van der Waals surface area contributed by atoms with E-state index < -0.39 is 0 Å². The lowest BCUT2D eigenvalue weighted by Gasteiger charge is -2.12. The van der Waals surface area contributed by atoms with Crippen LogP contribution in [0.25, 0.3) is 0 Å². The van der Waals surface area contributed by atoms with Crippen molar-refractivity contribution in [2.45, 2.75) is 13.3 Å². The van der Waals surface area contributed by atoms with E-state index in [1.807, 2.05) is 36.4 Å². The number of benzene rings is 2. The van der Waals surface area contributed by atoms with Gasteiger partial charge in [0.15, 0.2) is 0 Å². The standard InChI is InChI=1S/C15H17IN2O/c1-2-7-19-13-9-11(17)8-12(10-13)18-15-6-4-3-5-14(15)16/h3-6,8-10,18H,2,7,17H2,1H3. The van der Waals surface area contributed by atoms with Crippen molar-refractivity contribution in [1.29, 1.82) is 0 Å². The number of halogens is 1. The highest BCUT2D eigenvalue weighted by Crippen LogP contribution is 2.27. The second-order valence-electron chi connectivity index (χ2n) is 4.24. The molecule has 0 amide bonds. The Morgan fingerprint density at radius 3 is 2.74 bits per heavy atom. The van der Waals surface area contributed by atoms with E-state index in [1.165, 1.54) is 3.57 Å². The van der Waals surface area contributed by atoms with Crippen molar-refractivity contribution < 1.29 is 4.74 Å². The lowest BCUT2D eigenvalue weighted by atomic mass is 10.2. The van der Waals surface area contributed by atoms with Crippen LogP contribution in [0.5, 0.6) is 5.75 Å². The first-order valence-corrected chi connectivity index (χ1v) is 7.32. The second kappa shape index (κ2) is 6.65. The van der Waals surface area contributed by atoms with E-state index in [1.54, 1.807) is 0 Å². The van der Waals surface area contributed by atoms with Crippen LogP contribution in [0.15, 0.2) is 42.5 Å². The maximum atomic E-state index is 5.90. The highest BCUT2D eigenvalue weighted by Gasteiger charge is 2.03. The monoisotopic (exact) mass is 368 g/mol. The molecule has 2 aromatic carbocycles. The molecule has 3 nitrogen and oxygen atoms in total. The third-order valence-corrected chi connectivity index (χ3v) is 3.50. The van der Waals surface area contributed by atoms with Gasteiger partial charge < -0.3 is 15.8 Å². The van der Waals surface area contributed by atoms with Gasteiger partial charge in [0, 0.05) is 27.1 Å². The molecule has 4 heteroatoms. The maximum absolute atomic E-state index is 5.90. The van der Waals surface area contributed by atoms with Gasteiger partial charge in [0.05, 0.1) is 12.3 Å². The summed E-state index contributed by atoms with van der Waals surface area (Å²) in [4.78, 5) is 0. The van der Waals surface area contributed by atoms with Crippen LogP contribution < -0.4 is 15.8 Å². The fourth-order valence-corrected chi connectivity index (χ4v) is 2.24. The van der Waals surface area contributed by atoms with Crippen LogP contribution in [0.4, 0.5) is 17.1 Å². The molecule has 2 rings (SSSR count). The Morgan fingerprint density at radius 2 is 2.00 bits per heavy atom. The lowest BCUT2D eigenvalue weighted by Crippen LogP contribution is -1.99. The molecular formula is C15H17IN2O. The summed E-state index contributed by atoms with van der Waals surface area (Å²) < 4.78 is 6.79. The van der Waals surface area contributed by atoms with E-state index in [-0.39, 0.29) is 0 Å². The largest absolute Gasteiger partial charge is 0.493 e. The Balaban J connectivity index is 2.20. The zero-order chi connectivity index (χ0) is 13.7. The van der Waals surface area contributed by atoms with Gasteiger partial charge in [-0.2, -0.15) is 0 Å². The second-order valence-corrected chi connectivity index (χ2v) is 5.41. The van der Waals surface area contributed by atoms with Gasteiger partial charge in [-0.25, -0.2) is 0 Å². The molecule has 0 unspecified atom stereocenters. The van der Waals surface area contributed by atoms with Gasteiger partial charge >= 0.3 is 0 Å². The predicted molar refractivity (Wildman–Crippen MR) is 89.1 cm³/mol. The summed E-state index contributed by atoms with van der Waals surface area (Å²) >= 11 is 2.30. The molecule has 19 heavy (non-hydrogen) atoms. The van der Waals surface area contributed by atoms with Crippen LogP contribution >= 0.6 is 22.6 Å². The number of nitrogens with one attached hydrogen (secondary N) is 1. The Bertz CT molecular complexity index is 558. The number of hydrogen-bond donors (Lipinski definition) is 2. The van der Waals surface area contributed by atoms with Crippen molar-refractivity contribution in [2.24, 2.45) is 0 Å². The topological polar surface area (TPSA) is 47.3 Å². The van der Waals surface area contributed by atoms with Gasteiger partial charge in [-0.05, 0) is 47.2 Å². The molecule has 0 aromatic heterocycles. The minimum Gasteiger partial charge on any atom is -0.493 e. The van der Waals surface area contributed by atoms with Crippen LogP contribution in [0.3, 0.4) is 0 Å². The zero-order valence-corrected chi connectivity index (χ0v) is 13.0. The average molecular weight is 368 g/mol. The van der Waals surface area contributed by atoms with Gasteiger partial charge in [-0.15, -0.1) is 0 Å². The summed E-state index contributed by atoms with van der Waals surface area (Å²) in [6, 6.07) is 13.8. The van der Waals surface area contributed by atoms with Crippen LogP contribution in [0.1, 0.15) is 13.3 Å². The predicted octanol–water partition coefficient (Wildman–Crippen LogP) is 4.41. The molecule has 0 spiro atoms. The molecule has 0 saturated heterocycles. The van der Waals surface area contributed by atoms with E-state index >= 15 is 0 Å². The van der Waals surface area contributed by atoms with Crippen molar-refractivity contribution >= 4 is 39.7 Å². The zero-order valence-electron chi connectivity index (χ0n) is 10.8. The Hall–Kier alpha value is -1.43. The average Bonchev–Trinajstić information content (AvgIpc) is 2.38. The first kappa shape index (κ1) is 14.0.